The van der Waals surface area contributed by atoms with E-state index in [0.717, 1.165) is 6.08 Å². The molecule has 1 aromatic rings. The number of carbonyl (C=O) groups excluding carboxylic acids is 1. The molecule has 1 aromatic carbocycles. The van der Waals surface area contributed by atoms with Crippen LogP contribution in [0.3, 0.4) is 0 Å². The first kappa shape index (κ1) is 13.2. The summed E-state index contributed by atoms with van der Waals surface area (Å²) in [6.07, 6.45) is -9.08. The quantitative estimate of drug-likeness (QED) is 0.427. The Morgan fingerprint density at radius 3 is 2.00 bits per heavy atom. The summed E-state index contributed by atoms with van der Waals surface area (Å²) in [5.74, 6) is 0. The van der Waals surface area contributed by atoms with Gasteiger partial charge in [-0.05, 0) is 18.2 Å². The fourth-order valence-electron chi connectivity index (χ4n) is 1.09. The number of hydrogen-bond donors (Lipinski definition) is 0. The Balaban J connectivity index is 3.45. The molecule has 0 aliphatic heterocycles. The molecule has 0 N–H and O–H groups in total. The number of aliphatic imine (C=N–C) groups is 1. The third-order valence-corrected chi connectivity index (χ3v) is 1.80. The van der Waals surface area contributed by atoms with Crippen LogP contribution in [-0.2, 0) is 17.1 Å². The van der Waals surface area contributed by atoms with Crippen LogP contribution in [0, 0.1) is 0 Å². The Morgan fingerprint density at radius 2 is 1.59 bits per heavy atom. The molecule has 0 amide bonds. The summed E-state index contributed by atoms with van der Waals surface area (Å²) in [7, 11) is 0. The lowest BCUT2D eigenvalue weighted by molar-refractivity contribution is -0.142. The highest BCUT2D eigenvalue weighted by Crippen LogP contribution is 2.40. The van der Waals surface area contributed by atoms with Crippen molar-refractivity contribution in [2.45, 2.75) is 12.4 Å². The van der Waals surface area contributed by atoms with Gasteiger partial charge >= 0.3 is 12.4 Å². The smallest absolute Gasteiger partial charge is 0.211 e. The van der Waals surface area contributed by atoms with E-state index in [2.05, 4.69) is 4.99 Å². The fraction of sp³-hybridized carbons (Fsp3) is 0.222. The minimum Gasteiger partial charge on any atom is -0.211 e. The number of halogens is 6. The number of alkyl halides is 6. The van der Waals surface area contributed by atoms with Gasteiger partial charge in [0, 0.05) is 0 Å². The molecule has 17 heavy (non-hydrogen) atoms. The maximum absolute atomic E-state index is 12.4. The molecule has 0 aliphatic rings. The summed E-state index contributed by atoms with van der Waals surface area (Å²) in [6, 6.07) is 0.776. The first-order chi connectivity index (χ1) is 7.66. The van der Waals surface area contributed by atoms with Gasteiger partial charge in [0.05, 0.1) is 16.8 Å². The van der Waals surface area contributed by atoms with Crippen LogP contribution in [0.5, 0.6) is 0 Å². The normalized spacial score (nSPS) is 12.1. The van der Waals surface area contributed by atoms with Crippen molar-refractivity contribution < 1.29 is 31.1 Å². The van der Waals surface area contributed by atoms with Crippen molar-refractivity contribution in [3.05, 3.63) is 29.3 Å². The number of nitrogens with zero attached hydrogens (tertiary/aromatic N) is 1. The number of hydrogen-bond acceptors (Lipinski definition) is 2. The molecule has 0 bridgehead atoms. The minimum atomic E-state index is -5.03. The molecule has 0 aliphatic carbocycles. The zero-order valence-corrected chi connectivity index (χ0v) is 7.86. The lowest BCUT2D eigenvalue weighted by atomic mass is 10.1. The minimum absolute atomic E-state index is 0.101. The largest absolute Gasteiger partial charge is 0.418 e. The standard InChI is InChI=1S/C9H3F6NO/c10-8(11,12)5-1-2-7(16-4-17)6(3-5)9(13,14)15/h1-3H. The summed E-state index contributed by atoms with van der Waals surface area (Å²) in [6.45, 7) is 0. The van der Waals surface area contributed by atoms with E-state index in [0.29, 0.717) is 12.1 Å². The van der Waals surface area contributed by atoms with Crippen LogP contribution in [-0.4, -0.2) is 6.08 Å². The Bertz CT molecular complexity index is 469. The maximum atomic E-state index is 12.4. The van der Waals surface area contributed by atoms with E-state index in [1.54, 1.807) is 0 Å². The van der Waals surface area contributed by atoms with Crippen molar-refractivity contribution >= 4 is 11.8 Å². The zero-order chi connectivity index (χ0) is 13.3. The Labute approximate surface area is 90.6 Å². The molecule has 92 valence electrons. The third kappa shape index (κ3) is 3.07. The van der Waals surface area contributed by atoms with Crippen LogP contribution in [0.15, 0.2) is 23.2 Å². The van der Waals surface area contributed by atoms with Gasteiger partial charge in [-0.25, -0.2) is 4.79 Å². The predicted molar refractivity (Wildman–Crippen MR) is 44.2 cm³/mol. The van der Waals surface area contributed by atoms with E-state index in [-0.39, 0.29) is 6.07 Å². The first-order valence-electron chi connectivity index (χ1n) is 4.02. The highest BCUT2D eigenvalue weighted by atomic mass is 19.4. The topological polar surface area (TPSA) is 29.4 Å². The highest BCUT2D eigenvalue weighted by Gasteiger charge is 2.38. The molecular weight excluding hydrogens is 252 g/mol. The maximum Gasteiger partial charge on any atom is 0.418 e. The molecule has 0 heterocycles. The van der Waals surface area contributed by atoms with Crippen molar-refractivity contribution in [3.8, 4) is 0 Å². The molecular formula is C9H3F6NO. The van der Waals surface area contributed by atoms with Gasteiger partial charge in [-0.2, -0.15) is 31.3 Å². The summed E-state index contributed by atoms with van der Waals surface area (Å²) in [4.78, 5) is 12.6. The van der Waals surface area contributed by atoms with Crippen LogP contribution in [0.25, 0.3) is 0 Å². The average Bonchev–Trinajstić information content (AvgIpc) is 2.15. The molecule has 2 nitrogen and oxygen atoms in total. The molecule has 0 aromatic heterocycles. The van der Waals surface area contributed by atoms with Gasteiger partial charge < -0.3 is 0 Å². The van der Waals surface area contributed by atoms with E-state index in [1.807, 2.05) is 0 Å². The molecule has 0 fully saturated rings. The summed E-state index contributed by atoms with van der Waals surface area (Å²) in [5.41, 5.74) is -3.99. The van der Waals surface area contributed by atoms with E-state index in [9.17, 15) is 31.1 Å². The monoisotopic (exact) mass is 255 g/mol. The molecule has 1 rings (SSSR count). The van der Waals surface area contributed by atoms with E-state index in [1.165, 1.54) is 0 Å². The number of benzene rings is 1. The molecule has 8 heteroatoms. The van der Waals surface area contributed by atoms with Gasteiger partial charge in [0.25, 0.3) is 0 Å². The van der Waals surface area contributed by atoms with Crippen LogP contribution < -0.4 is 0 Å². The van der Waals surface area contributed by atoms with Crippen molar-refractivity contribution in [1.29, 1.82) is 0 Å². The van der Waals surface area contributed by atoms with E-state index >= 15 is 0 Å². The van der Waals surface area contributed by atoms with Crippen LogP contribution >= 0.6 is 0 Å². The van der Waals surface area contributed by atoms with E-state index < -0.39 is 29.2 Å². The third-order valence-electron chi connectivity index (χ3n) is 1.80. The van der Waals surface area contributed by atoms with Crippen LogP contribution in [0.1, 0.15) is 11.1 Å². The summed E-state index contributed by atoms with van der Waals surface area (Å²) >= 11 is 0. The van der Waals surface area contributed by atoms with Gasteiger partial charge in [0.1, 0.15) is 0 Å². The molecule has 0 saturated heterocycles. The Kier molecular flexibility index (Phi) is 3.28. The van der Waals surface area contributed by atoms with Gasteiger partial charge in [-0.1, -0.05) is 0 Å². The predicted octanol–water partition coefficient (Wildman–Crippen LogP) is 3.69. The van der Waals surface area contributed by atoms with Gasteiger partial charge in [0.2, 0.25) is 6.08 Å². The number of rotatable bonds is 1. The lowest BCUT2D eigenvalue weighted by Gasteiger charge is -2.12. The molecule has 0 saturated carbocycles. The Hall–Kier alpha value is -1.82. The SMILES string of the molecule is O=C=Nc1ccc(C(F)(F)F)cc1C(F)(F)F. The first-order valence-corrected chi connectivity index (χ1v) is 4.02. The van der Waals surface area contributed by atoms with Crippen molar-refractivity contribution in [1.82, 2.24) is 0 Å². The zero-order valence-electron chi connectivity index (χ0n) is 7.86. The van der Waals surface area contributed by atoms with Gasteiger partial charge in [0.15, 0.2) is 0 Å². The van der Waals surface area contributed by atoms with Crippen LogP contribution in [0.2, 0.25) is 0 Å². The molecule has 0 atom stereocenters. The van der Waals surface area contributed by atoms with Crippen molar-refractivity contribution in [2.24, 2.45) is 4.99 Å². The second kappa shape index (κ2) is 4.21. The van der Waals surface area contributed by atoms with Crippen LogP contribution in [0.4, 0.5) is 32.0 Å². The second-order valence-corrected chi connectivity index (χ2v) is 2.93. The molecule has 0 radical (unpaired) electrons. The lowest BCUT2D eigenvalue weighted by Crippen LogP contribution is -2.10. The fourth-order valence-corrected chi connectivity index (χ4v) is 1.09. The average molecular weight is 255 g/mol. The van der Waals surface area contributed by atoms with Crippen molar-refractivity contribution in [2.75, 3.05) is 0 Å². The van der Waals surface area contributed by atoms with Gasteiger partial charge in [-0.15, -0.1) is 0 Å². The Morgan fingerprint density at radius 1 is 1.00 bits per heavy atom. The van der Waals surface area contributed by atoms with Gasteiger partial charge in [-0.3, -0.25) is 0 Å². The second-order valence-electron chi connectivity index (χ2n) is 2.93. The molecule has 0 spiro atoms. The summed E-state index contributed by atoms with van der Waals surface area (Å²) in [5, 5.41) is 0. The van der Waals surface area contributed by atoms with E-state index in [4.69, 9.17) is 0 Å². The highest BCUT2D eigenvalue weighted by molar-refractivity contribution is 5.56. The summed E-state index contributed by atoms with van der Waals surface area (Å²) < 4.78 is 73.7. The molecule has 0 unspecified atom stereocenters. The van der Waals surface area contributed by atoms with Crippen molar-refractivity contribution in [3.63, 3.8) is 0 Å². The number of isocyanates is 1.